The maximum atomic E-state index is 3.77. The van der Waals surface area contributed by atoms with Crippen molar-refractivity contribution in [3.8, 4) is 0 Å². The topological polar surface area (TPSA) is 12.0 Å². The maximum Gasteiger partial charge on any atom is 0.0336 e. The summed E-state index contributed by atoms with van der Waals surface area (Å²) < 4.78 is 0. The average Bonchev–Trinajstić information content (AvgIpc) is 2.41. The Balaban J connectivity index is 2.02. The average molecular weight is 237 g/mol. The molecule has 0 aliphatic rings. The van der Waals surface area contributed by atoms with Crippen molar-refractivity contribution in [2.45, 2.75) is 18.9 Å². The van der Waals surface area contributed by atoms with E-state index < -0.39 is 0 Å². The van der Waals surface area contributed by atoms with Crippen LogP contribution in [0.15, 0.2) is 73.4 Å². The van der Waals surface area contributed by atoms with Crippen LogP contribution in [0.1, 0.15) is 11.1 Å². The molecule has 0 heterocycles. The van der Waals surface area contributed by atoms with E-state index in [4.69, 9.17) is 0 Å². The number of hydrogen-bond acceptors (Lipinski definition) is 1. The fourth-order valence-corrected chi connectivity index (χ4v) is 2.15. The fraction of sp³-hybridized carbons (Fsp3) is 0.176. The molecule has 0 amide bonds. The second kappa shape index (κ2) is 6.65. The zero-order valence-electron chi connectivity index (χ0n) is 10.5. The van der Waals surface area contributed by atoms with E-state index in [0.29, 0.717) is 6.04 Å². The first-order valence-electron chi connectivity index (χ1n) is 6.33. The molecule has 2 aromatic carbocycles. The van der Waals surface area contributed by atoms with Gasteiger partial charge in [-0.15, -0.1) is 0 Å². The van der Waals surface area contributed by atoms with Crippen LogP contribution in [0.4, 0.5) is 0 Å². The van der Waals surface area contributed by atoms with Crippen molar-refractivity contribution in [3.63, 3.8) is 0 Å². The van der Waals surface area contributed by atoms with Gasteiger partial charge >= 0.3 is 0 Å². The van der Waals surface area contributed by atoms with Gasteiger partial charge in [0.1, 0.15) is 0 Å². The van der Waals surface area contributed by atoms with E-state index in [9.17, 15) is 0 Å². The minimum Gasteiger partial charge on any atom is -0.388 e. The zero-order chi connectivity index (χ0) is 12.6. The normalized spacial score (nSPS) is 10.3. The molecule has 2 aromatic rings. The predicted molar refractivity (Wildman–Crippen MR) is 77.4 cm³/mol. The molecular weight excluding hydrogens is 218 g/mol. The molecule has 2 rings (SSSR count). The Kier molecular flexibility index (Phi) is 4.60. The lowest BCUT2D eigenvalue weighted by Gasteiger charge is -2.17. The van der Waals surface area contributed by atoms with Gasteiger partial charge in [-0.25, -0.2) is 0 Å². The van der Waals surface area contributed by atoms with E-state index in [1.165, 1.54) is 11.1 Å². The van der Waals surface area contributed by atoms with Crippen molar-refractivity contribution < 1.29 is 0 Å². The van der Waals surface area contributed by atoms with Gasteiger partial charge in [0.05, 0.1) is 0 Å². The highest BCUT2D eigenvalue weighted by Gasteiger charge is 2.08. The fourth-order valence-electron chi connectivity index (χ4n) is 2.15. The van der Waals surface area contributed by atoms with Crippen molar-refractivity contribution in [3.05, 3.63) is 84.6 Å². The smallest absolute Gasteiger partial charge is 0.0336 e. The van der Waals surface area contributed by atoms with E-state index in [2.05, 4.69) is 72.6 Å². The number of benzene rings is 2. The zero-order valence-corrected chi connectivity index (χ0v) is 10.5. The summed E-state index contributed by atoms with van der Waals surface area (Å²) in [6, 6.07) is 21.5. The number of rotatable bonds is 6. The number of hydrogen-bond donors (Lipinski definition) is 1. The third-order valence-electron chi connectivity index (χ3n) is 3.00. The van der Waals surface area contributed by atoms with Crippen molar-refractivity contribution in [2.75, 3.05) is 0 Å². The molecule has 1 N–H and O–H groups in total. The minimum atomic E-state index is 0.396. The van der Waals surface area contributed by atoms with Crippen LogP contribution >= 0.6 is 0 Å². The van der Waals surface area contributed by atoms with Gasteiger partial charge in [-0.2, -0.15) is 0 Å². The summed E-state index contributed by atoms with van der Waals surface area (Å²) in [5.41, 5.74) is 2.71. The van der Waals surface area contributed by atoms with Crippen LogP contribution in [0, 0.1) is 0 Å². The van der Waals surface area contributed by atoms with Crippen LogP contribution in [0.3, 0.4) is 0 Å². The first-order chi connectivity index (χ1) is 8.88. The van der Waals surface area contributed by atoms with Crippen LogP contribution in [-0.4, -0.2) is 6.04 Å². The molecule has 0 aromatic heterocycles. The Labute approximate surface area is 109 Å². The highest BCUT2D eigenvalue weighted by atomic mass is 14.9. The summed E-state index contributed by atoms with van der Waals surface area (Å²) in [5, 5.41) is 3.34. The van der Waals surface area contributed by atoms with E-state index in [0.717, 1.165) is 12.8 Å². The second-order valence-electron chi connectivity index (χ2n) is 4.45. The molecule has 0 bridgehead atoms. The van der Waals surface area contributed by atoms with Crippen molar-refractivity contribution in [2.24, 2.45) is 0 Å². The van der Waals surface area contributed by atoms with Gasteiger partial charge in [0.15, 0.2) is 0 Å². The van der Waals surface area contributed by atoms with E-state index in [-0.39, 0.29) is 0 Å². The molecule has 0 atom stereocenters. The Morgan fingerprint density at radius 2 is 1.28 bits per heavy atom. The van der Waals surface area contributed by atoms with Crippen molar-refractivity contribution in [1.29, 1.82) is 0 Å². The lowest BCUT2D eigenvalue weighted by molar-refractivity contribution is 0.580. The van der Waals surface area contributed by atoms with Crippen molar-refractivity contribution >= 4 is 0 Å². The second-order valence-corrected chi connectivity index (χ2v) is 4.45. The lowest BCUT2D eigenvalue weighted by atomic mass is 9.99. The first kappa shape index (κ1) is 12.4. The quantitative estimate of drug-likeness (QED) is 0.810. The summed E-state index contributed by atoms with van der Waals surface area (Å²) in [5.74, 6) is 0. The lowest BCUT2D eigenvalue weighted by Crippen LogP contribution is -2.28. The predicted octanol–water partition coefficient (Wildman–Crippen LogP) is 3.57. The largest absolute Gasteiger partial charge is 0.388 e. The third-order valence-corrected chi connectivity index (χ3v) is 3.00. The van der Waals surface area contributed by atoms with Gasteiger partial charge in [0.25, 0.3) is 0 Å². The van der Waals surface area contributed by atoms with E-state index in [1.807, 2.05) is 0 Å². The first-order valence-corrected chi connectivity index (χ1v) is 6.33. The van der Waals surface area contributed by atoms with Gasteiger partial charge in [-0.3, -0.25) is 0 Å². The molecule has 0 radical (unpaired) electrons. The molecule has 0 saturated carbocycles. The van der Waals surface area contributed by atoms with E-state index in [1.54, 1.807) is 6.20 Å². The highest BCUT2D eigenvalue weighted by Crippen LogP contribution is 2.09. The Morgan fingerprint density at radius 3 is 1.67 bits per heavy atom. The summed E-state index contributed by atoms with van der Waals surface area (Å²) in [4.78, 5) is 0. The van der Waals surface area contributed by atoms with Gasteiger partial charge < -0.3 is 5.32 Å². The molecule has 0 saturated heterocycles. The van der Waals surface area contributed by atoms with Crippen LogP contribution in [-0.2, 0) is 12.8 Å². The monoisotopic (exact) mass is 237 g/mol. The Morgan fingerprint density at radius 1 is 0.833 bits per heavy atom. The summed E-state index contributed by atoms with van der Waals surface area (Å²) >= 11 is 0. The molecule has 0 unspecified atom stereocenters. The molecular formula is C17H19N. The van der Waals surface area contributed by atoms with Gasteiger partial charge in [-0.1, -0.05) is 67.2 Å². The van der Waals surface area contributed by atoms with E-state index >= 15 is 0 Å². The van der Waals surface area contributed by atoms with Gasteiger partial charge in [0.2, 0.25) is 0 Å². The molecule has 0 aliphatic heterocycles. The molecule has 18 heavy (non-hydrogen) atoms. The summed E-state index contributed by atoms with van der Waals surface area (Å²) in [6.07, 6.45) is 3.82. The van der Waals surface area contributed by atoms with Gasteiger partial charge in [-0.05, 0) is 30.2 Å². The minimum absolute atomic E-state index is 0.396. The van der Waals surface area contributed by atoms with Crippen LogP contribution in [0.25, 0.3) is 0 Å². The maximum absolute atomic E-state index is 3.77. The Hall–Kier alpha value is -2.02. The van der Waals surface area contributed by atoms with Crippen molar-refractivity contribution in [1.82, 2.24) is 5.32 Å². The highest BCUT2D eigenvalue weighted by molar-refractivity contribution is 5.19. The van der Waals surface area contributed by atoms with Crippen LogP contribution < -0.4 is 5.32 Å². The molecule has 1 nitrogen and oxygen atoms in total. The summed E-state index contributed by atoms with van der Waals surface area (Å²) in [6.45, 7) is 3.77. The molecule has 0 fully saturated rings. The van der Waals surface area contributed by atoms with Crippen LogP contribution in [0.2, 0.25) is 0 Å². The third kappa shape index (κ3) is 3.77. The number of nitrogens with one attached hydrogen (secondary N) is 1. The molecule has 1 heteroatoms. The SMILES string of the molecule is C=CNC(Cc1ccccc1)Cc1ccccc1. The van der Waals surface area contributed by atoms with Gasteiger partial charge in [0, 0.05) is 6.04 Å². The molecule has 0 aliphatic carbocycles. The van der Waals surface area contributed by atoms with Crippen LogP contribution in [0.5, 0.6) is 0 Å². The molecule has 92 valence electrons. The molecule has 0 spiro atoms. The summed E-state index contributed by atoms with van der Waals surface area (Å²) in [7, 11) is 0. The standard InChI is InChI=1S/C17H19N/c1-2-18-17(13-15-9-5-3-6-10-15)14-16-11-7-4-8-12-16/h2-12,17-18H,1,13-14H2. The Bertz CT molecular complexity index is 420.